The van der Waals surface area contributed by atoms with Crippen LogP contribution in [0.3, 0.4) is 0 Å². The number of hydrogen-bond donors (Lipinski definition) is 0. The molecule has 0 aliphatic rings. The van der Waals surface area contributed by atoms with Crippen LogP contribution >= 0.6 is 34.3 Å². The summed E-state index contributed by atoms with van der Waals surface area (Å²) in [5, 5.41) is 1.16. The second kappa shape index (κ2) is 8.10. The topological polar surface area (TPSA) is 33.2 Å². The SMILES string of the molecule is CN(Cc1ccc(Cl)s1)C(=O)CCCCc1nc2ccccc2s1. The van der Waals surface area contributed by atoms with Crippen molar-refractivity contribution in [2.75, 3.05) is 7.05 Å². The second-order valence-electron chi connectivity index (χ2n) is 5.74. The molecule has 1 aromatic carbocycles. The second-order valence-corrected chi connectivity index (χ2v) is 8.65. The van der Waals surface area contributed by atoms with Crippen molar-refractivity contribution in [2.45, 2.75) is 32.2 Å². The van der Waals surface area contributed by atoms with Gasteiger partial charge in [-0.2, -0.15) is 0 Å². The van der Waals surface area contributed by atoms with E-state index in [0.717, 1.165) is 39.0 Å². The van der Waals surface area contributed by atoms with E-state index in [1.54, 1.807) is 16.2 Å². The summed E-state index contributed by atoms with van der Waals surface area (Å²) >= 11 is 9.20. The van der Waals surface area contributed by atoms with E-state index in [1.165, 1.54) is 16.0 Å². The Labute approximate surface area is 154 Å². The number of para-hydroxylation sites is 1. The number of fused-ring (bicyclic) bond motifs is 1. The molecule has 2 aromatic heterocycles. The van der Waals surface area contributed by atoms with Gasteiger partial charge in [0.05, 0.1) is 26.1 Å². The highest BCUT2D eigenvalue weighted by atomic mass is 35.5. The largest absolute Gasteiger partial charge is 0.341 e. The normalized spacial score (nSPS) is 11.1. The minimum absolute atomic E-state index is 0.184. The molecule has 0 bridgehead atoms. The van der Waals surface area contributed by atoms with Crippen LogP contribution in [0.2, 0.25) is 4.34 Å². The summed E-state index contributed by atoms with van der Waals surface area (Å²) in [7, 11) is 1.85. The van der Waals surface area contributed by atoms with Gasteiger partial charge in [-0.25, -0.2) is 4.98 Å². The predicted octanol–water partition coefficient (Wildman–Crippen LogP) is 5.38. The zero-order valence-corrected chi connectivity index (χ0v) is 15.9. The number of carbonyl (C=O) groups excluding carboxylic acids is 1. The average Bonchev–Trinajstić information content (AvgIpc) is 3.16. The Hall–Kier alpha value is -1.43. The van der Waals surface area contributed by atoms with Gasteiger partial charge in [0.2, 0.25) is 5.91 Å². The molecule has 24 heavy (non-hydrogen) atoms. The zero-order chi connectivity index (χ0) is 16.9. The summed E-state index contributed by atoms with van der Waals surface area (Å²) in [5.74, 6) is 0.184. The predicted molar refractivity (Wildman–Crippen MR) is 103 cm³/mol. The molecule has 126 valence electrons. The highest BCUT2D eigenvalue weighted by molar-refractivity contribution is 7.18. The van der Waals surface area contributed by atoms with Gasteiger partial charge in [0.25, 0.3) is 0 Å². The standard InChI is InChI=1S/C18H19ClN2OS2/c1-21(12-13-10-11-16(19)23-13)18(22)9-5-4-8-17-20-14-6-2-3-7-15(14)24-17/h2-3,6-7,10-11H,4-5,8-9,12H2,1H3. The summed E-state index contributed by atoms with van der Waals surface area (Å²) in [4.78, 5) is 19.7. The fourth-order valence-electron chi connectivity index (χ4n) is 2.53. The first-order valence-corrected chi connectivity index (χ1v) is 9.95. The van der Waals surface area contributed by atoms with Crippen LogP contribution in [-0.2, 0) is 17.8 Å². The lowest BCUT2D eigenvalue weighted by molar-refractivity contribution is -0.130. The molecule has 0 aliphatic heterocycles. The molecule has 2 heterocycles. The van der Waals surface area contributed by atoms with Gasteiger partial charge in [-0.05, 0) is 43.5 Å². The van der Waals surface area contributed by atoms with Crippen molar-refractivity contribution in [2.24, 2.45) is 0 Å². The molecule has 0 spiro atoms. The molecule has 0 atom stereocenters. The van der Waals surface area contributed by atoms with Gasteiger partial charge in [0.15, 0.2) is 0 Å². The van der Waals surface area contributed by atoms with Crippen LogP contribution in [0.5, 0.6) is 0 Å². The number of unbranched alkanes of at least 4 members (excludes halogenated alkanes) is 1. The van der Waals surface area contributed by atoms with Crippen molar-refractivity contribution >= 4 is 50.4 Å². The van der Waals surface area contributed by atoms with Gasteiger partial charge in [-0.1, -0.05) is 23.7 Å². The highest BCUT2D eigenvalue weighted by Gasteiger charge is 2.11. The summed E-state index contributed by atoms with van der Waals surface area (Å²) < 4.78 is 2.00. The molecule has 1 amide bonds. The number of benzene rings is 1. The number of nitrogens with zero attached hydrogens (tertiary/aromatic N) is 2. The zero-order valence-electron chi connectivity index (χ0n) is 13.5. The van der Waals surface area contributed by atoms with Crippen molar-refractivity contribution in [3.05, 3.63) is 50.6 Å². The minimum Gasteiger partial charge on any atom is -0.341 e. The van der Waals surface area contributed by atoms with E-state index in [0.29, 0.717) is 13.0 Å². The molecular weight excluding hydrogens is 360 g/mol. The van der Waals surface area contributed by atoms with E-state index in [2.05, 4.69) is 11.1 Å². The molecule has 3 nitrogen and oxygen atoms in total. The number of carbonyl (C=O) groups is 1. The van der Waals surface area contributed by atoms with Crippen LogP contribution in [0.25, 0.3) is 10.2 Å². The third kappa shape index (κ3) is 4.56. The minimum atomic E-state index is 0.184. The van der Waals surface area contributed by atoms with Gasteiger partial charge in [0.1, 0.15) is 0 Å². The molecule has 0 radical (unpaired) electrons. The highest BCUT2D eigenvalue weighted by Crippen LogP contribution is 2.24. The molecule has 0 saturated carbocycles. The Kier molecular flexibility index (Phi) is 5.87. The molecule has 0 aliphatic carbocycles. The van der Waals surface area contributed by atoms with Crippen molar-refractivity contribution in [1.82, 2.24) is 9.88 Å². The van der Waals surface area contributed by atoms with Crippen LogP contribution in [-0.4, -0.2) is 22.8 Å². The first kappa shape index (κ1) is 17.4. The monoisotopic (exact) mass is 378 g/mol. The van der Waals surface area contributed by atoms with Crippen molar-refractivity contribution < 1.29 is 4.79 Å². The number of thiophene rings is 1. The molecule has 0 fully saturated rings. The van der Waals surface area contributed by atoms with Crippen LogP contribution in [0.15, 0.2) is 36.4 Å². The van der Waals surface area contributed by atoms with E-state index in [9.17, 15) is 4.79 Å². The van der Waals surface area contributed by atoms with Crippen LogP contribution < -0.4 is 0 Å². The van der Waals surface area contributed by atoms with Gasteiger partial charge in [-0.3, -0.25) is 4.79 Å². The van der Waals surface area contributed by atoms with E-state index >= 15 is 0 Å². The molecule has 3 rings (SSSR count). The van der Waals surface area contributed by atoms with E-state index in [-0.39, 0.29) is 5.91 Å². The van der Waals surface area contributed by atoms with Crippen molar-refractivity contribution in [3.63, 3.8) is 0 Å². The Morgan fingerprint density at radius 2 is 2.00 bits per heavy atom. The number of halogens is 1. The quantitative estimate of drug-likeness (QED) is 0.517. The lowest BCUT2D eigenvalue weighted by atomic mass is 10.2. The number of thiazole rings is 1. The van der Waals surface area contributed by atoms with Gasteiger partial charge in [-0.15, -0.1) is 22.7 Å². The molecule has 0 unspecified atom stereocenters. The summed E-state index contributed by atoms with van der Waals surface area (Å²) in [5.41, 5.74) is 1.07. The maximum Gasteiger partial charge on any atom is 0.222 e. The summed E-state index contributed by atoms with van der Waals surface area (Å²) in [6.45, 7) is 0.633. The number of aryl methyl sites for hydroxylation is 1. The number of hydrogen-bond acceptors (Lipinski definition) is 4. The lowest BCUT2D eigenvalue weighted by Crippen LogP contribution is -2.25. The molecular formula is C18H19ClN2OS2. The number of aromatic nitrogens is 1. The maximum absolute atomic E-state index is 12.2. The first-order valence-electron chi connectivity index (χ1n) is 7.94. The smallest absolute Gasteiger partial charge is 0.222 e. The Morgan fingerprint density at radius 3 is 2.75 bits per heavy atom. The summed E-state index contributed by atoms with van der Waals surface area (Å²) in [6.07, 6.45) is 3.41. The lowest BCUT2D eigenvalue weighted by Gasteiger charge is -2.16. The van der Waals surface area contributed by atoms with E-state index in [4.69, 9.17) is 11.6 Å². The van der Waals surface area contributed by atoms with E-state index < -0.39 is 0 Å². The van der Waals surface area contributed by atoms with E-state index in [1.807, 2.05) is 37.4 Å². The third-order valence-corrected chi connectivity index (χ3v) is 6.13. The third-order valence-electron chi connectivity index (χ3n) is 3.82. The van der Waals surface area contributed by atoms with Crippen LogP contribution in [0.4, 0.5) is 0 Å². The fraction of sp³-hybridized carbons (Fsp3) is 0.333. The van der Waals surface area contributed by atoms with Gasteiger partial charge < -0.3 is 4.90 Å². The van der Waals surface area contributed by atoms with Gasteiger partial charge in [0, 0.05) is 18.3 Å². The maximum atomic E-state index is 12.2. The van der Waals surface area contributed by atoms with Crippen LogP contribution in [0, 0.1) is 0 Å². The number of rotatable bonds is 7. The van der Waals surface area contributed by atoms with Crippen LogP contribution in [0.1, 0.15) is 29.1 Å². The number of amides is 1. The average molecular weight is 379 g/mol. The first-order chi connectivity index (χ1) is 11.6. The Bertz CT molecular complexity index is 794. The molecule has 6 heteroatoms. The Morgan fingerprint density at radius 1 is 1.17 bits per heavy atom. The van der Waals surface area contributed by atoms with Gasteiger partial charge >= 0.3 is 0 Å². The fourth-order valence-corrected chi connectivity index (χ4v) is 4.68. The molecule has 0 saturated heterocycles. The Balaban J connectivity index is 1.41. The summed E-state index contributed by atoms with van der Waals surface area (Å²) in [6, 6.07) is 12.1. The molecule has 3 aromatic rings. The van der Waals surface area contributed by atoms with Crippen molar-refractivity contribution in [3.8, 4) is 0 Å². The molecule has 0 N–H and O–H groups in total. The van der Waals surface area contributed by atoms with Crippen molar-refractivity contribution in [1.29, 1.82) is 0 Å².